The van der Waals surface area contributed by atoms with Gasteiger partial charge in [0.05, 0.1) is 40.5 Å². The van der Waals surface area contributed by atoms with Gasteiger partial charge in [-0.3, -0.25) is 0 Å². The predicted molar refractivity (Wildman–Crippen MR) is 76.2 cm³/mol. The molecule has 0 unspecified atom stereocenters. The third-order valence-electron chi connectivity index (χ3n) is 3.63. The molecule has 0 N–H and O–H groups in total. The van der Waals surface area contributed by atoms with Gasteiger partial charge in [-0.15, -0.1) is 0 Å². The average Bonchev–Trinajstić information content (AvgIpc) is 2.91. The van der Waals surface area contributed by atoms with Crippen molar-refractivity contribution in [2.75, 3.05) is 0 Å². The Morgan fingerprint density at radius 3 is 2.95 bits per heavy atom. The fraction of sp³-hybridized carbons (Fsp3) is 0.214. The van der Waals surface area contributed by atoms with Gasteiger partial charge in [-0.05, 0) is 26.0 Å². The lowest BCUT2D eigenvalue weighted by Crippen LogP contribution is -2.05. The molecule has 1 aliphatic heterocycles. The van der Waals surface area contributed by atoms with Crippen molar-refractivity contribution >= 4 is 11.6 Å². The number of hydrogen-bond donors (Lipinski definition) is 0. The van der Waals surface area contributed by atoms with Gasteiger partial charge in [0.2, 0.25) is 0 Å². The van der Waals surface area contributed by atoms with E-state index in [1.165, 1.54) is 0 Å². The van der Waals surface area contributed by atoms with Gasteiger partial charge in [-0.25, -0.2) is 14.6 Å². The first-order valence-corrected chi connectivity index (χ1v) is 6.76. The molecule has 6 heteroatoms. The molecule has 1 aromatic carbocycles. The van der Waals surface area contributed by atoms with E-state index < -0.39 is 0 Å². The molecule has 1 aliphatic rings. The molecule has 100 valence electrons. The smallest absolute Gasteiger partial charge is 0.162 e. The number of benzene rings is 1. The molecule has 0 bridgehead atoms. The van der Waals surface area contributed by atoms with Crippen molar-refractivity contribution in [1.82, 2.24) is 24.3 Å². The Hall–Kier alpha value is -2.14. The molecule has 4 rings (SSSR count). The van der Waals surface area contributed by atoms with Crippen LogP contribution >= 0.6 is 11.6 Å². The molecular formula is C14H12ClN5. The van der Waals surface area contributed by atoms with Crippen LogP contribution in [0.15, 0.2) is 24.5 Å². The number of aromatic nitrogens is 5. The molecule has 0 amide bonds. The zero-order chi connectivity index (χ0) is 13.9. The van der Waals surface area contributed by atoms with E-state index in [9.17, 15) is 0 Å². The summed E-state index contributed by atoms with van der Waals surface area (Å²) in [6, 6.07) is 5.86. The summed E-state index contributed by atoms with van der Waals surface area (Å²) in [4.78, 5) is 8.95. The summed E-state index contributed by atoms with van der Waals surface area (Å²) in [6.45, 7) is 4.54. The largest absolute Gasteiger partial charge is 0.300 e. The Morgan fingerprint density at radius 1 is 1.25 bits per heavy atom. The van der Waals surface area contributed by atoms with E-state index in [2.05, 4.69) is 19.6 Å². The van der Waals surface area contributed by atoms with E-state index in [-0.39, 0.29) is 0 Å². The molecular weight excluding hydrogens is 274 g/mol. The number of halogens is 1. The topological polar surface area (TPSA) is 48.5 Å². The Bertz CT molecular complexity index is 830. The Kier molecular flexibility index (Phi) is 2.29. The van der Waals surface area contributed by atoms with E-state index in [1.807, 2.05) is 43.1 Å². The minimum atomic E-state index is 0.646. The van der Waals surface area contributed by atoms with Crippen molar-refractivity contribution in [2.24, 2.45) is 0 Å². The molecule has 0 radical (unpaired) electrons. The van der Waals surface area contributed by atoms with Crippen molar-refractivity contribution in [2.45, 2.75) is 20.4 Å². The number of imidazole rings is 1. The van der Waals surface area contributed by atoms with Crippen LogP contribution in [0.3, 0.4) is 0 Å². The van der Waals surface area contributed by atoms with Crippen LogP contribution in [-0.2, 0) is 6.54 Å². The minimum absolute atomic E-state index is 0.646. The van der Waals surface area contributed by atoms with Gasteiger partial charge in [-0.1, -0.05) is 17.7 Å². The molecule has 3 aromatic rings. The second kappa shape index (κ2) is 3.93. The van der Waals surface area contributed by atoms with Crippen LogP contribution in [0.1, 0.15) is 17.2 Å². The molecule has 0 aliphatic carbocycles. The summed E-state index contributed by atoms with van der Waals surface area (Å²) in [6.07, 6.45) is 1.83. The van der Waals surface area contributed by atoms with Crippen LogP contribution in [0, 0.1) is 13.8 Å². The van der Waals surface area contributed by atoms with E-state index in [0.717, 1.165) is 34.3 Å². The lowest BCUT2D eigenvalue weighted by molar-refractivity contribution is 0.668. The van der Waals surface area contributed by atoms with Gasteiger partial charge < -0.3 is 4.57 Å². The highest BCUT2D eigenvalue weighted by molar-refractivity contribution is 6.33. The summed E-state index contributed by atoms with van der Waals surface area (Å²) >= 11 is 6.41. The number of hydrogen-bond acceptors (Lipinski definition) is 3. The number of rotatable bonds is 0. The van der Waals surface area contributed by atoms with Crippen LogP contribution in [0.4, 0.5) is 0 Å². The van der Waals surface area contributed by atoms with Gasteiger partial charge >= 0.3 is 0 Å². The Balaban J connectivity index is 2.15. The maximum atomic E-state index is 6.41. The van der Waals surface area contributed by atoms with Gasteiger partial charge in [0, 0.05) is 0 Å². The normalized spacial score (nSPS) is 12.6. The van der Waals surface area contributed by atoms with Gasteiger partial charge in [-0.2, -0.15) is 5.10 Å². The zero-order valence-electron chi connectivity index (χ0n) is 11.1. The average molecular weight is 286 g/mol. The van der Waals surface area contributed by atoms with Crippen LogP contribution in [-0.4, -0.2) is 24.3 Å². The lowest BCUT2D eigenvalue weighted by Gasteiger charge is -2.09. The summed E-state index contributed by atoms with van der Waals surface area (Å²) in [7, 11) is 0. The minimum Gasteiger partial charge on any atom is -0.300 e. The fourth-order valence-electron chi connectivity index (χ4n) is 2.69. The van der Waals surface area contributed by atoms with E-state index >= 15 is 0 Å². The van der Waals surface area contributed by atoms with Crippen LogP contribution < -0.4 is 0 Å². The predicted octanol–water partition coefficient (Wildman–Crippen LogP) is 2.76. The Morgan fingerprint density at radius 2 is 2.10 bits per heavy atom. The molecule has 20 heavy (non-hydrogen) atoms. The molecule has 0 spiro atoms. The maximum absolute atomic E-state index is 6.41. The monoisotopic (exact) mass is 285 g/mol. The molecule has 5 nitrogen and oxygen atoms in total. The number of nitrogens with zero attached hydrogens (tertiary/aromatic N) is 5. The molecule has 3 heterocycles. The molecule has 2 aromatic heterocycles. The zero-order valence-corrected chi connectivity index (χ0v) is 11.9. The van der Waals surface area contributed by atoms with E-state index in [1.54, 1.807) is 0 Å². The number of aryl methyl sites for hydroxylation is 2. The highest BCUT2D eigenvalue weighted by Gasteiger charge is 2.24. The van der Waals surface area contributed by atoms with Crippen molar-refractivity contribution < 1.29 is 0 Å². The number of fused-ring (bicyclic) bond motifs is 5. The second-order valence-corrected chi connectivity index (χ2v) is 5.33. The molecule has 0 atom stereocenters. The van der Waals surface area contributed by atoms with Crippen molar-refractivity contribution in [1.29, 1.82) is 0 Å². The van der Waals surface area contributed by atoms with Gasteiger partial charge in [0.1, 0.15) is 5.82 Å². The van der Waals surface area contributed by atoms with Crippen molar-refractivity contribution in [3.05, 3.63) is 46.8 Å². The lowest BCUT2D eigenvalue weighted by atomic mass is 10.1. The second-order valence-electron chi connectivity index (χ2n) is 4.92. The SMILES string of the molecule is Cc1nc2n(n1)Cc1c(C)ncn1-c1cccc(Cl)c1-2. The first kappa shape index (κ1) is 11.7. The van der Waals surface area contributed by atoms with E-state index in [0.29, 0.717) is 11.6 Å². The summed E-state index contributed by atoms with van der Waals surface area (Å²) < 4.78 is 3.97. The third kappa shape index (κ3) is 1.47. The molecule has 0 fully saturated rings. The standard InChI is InChI=1S/C14H12ClN5/c1-8-12-6-20-14(17-9(2)18-20)13-10(15)4-3-5-11(13)19(12)7-16-8/h3-5,7H,6H2,1-2H3. The van der Waals surface area contributed by atoms with Crippen LogP contribution in [0.2, 0.25) is 5.02 Å². The first-order valence-electron chi connectivity index (χ1n) is 6.38. The molecule has 0 saturated carbocycles. The highest BCUT2D eigenvalue weighted by Crippen LogP contribution is 2.36. The summed E-state index contributed by atoms with van der Waals surface area (Å²) in [5.41, 5.74) is 4.01. The van der Waals surface area contributed by atoms with Crippen LogP contribution in [0.5, 0.6) is 0 Å². The maximum Gasteiger partial charge on any atom is 0.162 e. The van der Waals surface area contributed by atoms with Crippen molar-refractivity contribution in [3.63, 3.8) is 0 Å². The first-order chi connectivity index (χ1) is 9.65. The van der Waals surface area contributed by atoms with Gasteiger partial charge in [0.15, 0.2) is 5.82 Å². The van der Waals surface area contributed by atoms with Crippen LogP contribution in [0.25, 0.3) is 17.1 Å². The van der Waals surface area contributed by atoms with Gasteiger partial charge in [0.25, 0.3) is 0 Å². The molecule has 0 saturated heterocycles. The van der Waals surface area contributed by atoms with E-state index in [4.69, 9.17) is 11.6 Å². The fourth-order valence-corrected chi connectivity index (χ4v) is 2.94. The summed E-state index contributed by atoms with van der Waals surface area (Å²) in [5.74, 6) is 1.56. The highest BCUT2D eigenvalue weighted by atomic mass is 35.5. The quantitative estimate of drug-likeness (QED) is 0.499. The summed E-state index contributed by atoms with van der Waals surface area (Å²) in [5, 5.41) is 5.15. The third-order valence-corrected chi connectivity index (χ3v) is 3.94. The Labute approximate surface area is 120 Å². The van der Waals surface area contributed by atoms with Crippen molar-refractivity contribution in [3.8, 4) is 17.1 Å².